The fourth-order valence-corrected chi connectivity index (χ4v) is 4.34. The van der Waals surface area contributed by atoms with Crippen molar-refractivity contribution in [2.24, 2.45) is 0 Å². The SMILES string of the molecule is CCOC(=O)C1=CNCC(C)(C)c2c(C(=O)c3ccc(F)c(F)c3)csc21. The lowest BCUT2D eigenvalue weighted by Crippen LogP contribution is -2.30. The number of hydrogen-bond donors (Lipinski definition) is 1. The standard InChI is InChI=1S/C20H19F2NO3S/c1-4-26-19(25)12-8-23-10-20(2,3)16-13(9-27-18(12)16)17(24)11-5-6-14(21)15(22)7-11/h5-9,23H,4,10H2,1-3H3. The molecule has 3 rings (SSSR count). The van der Waals surface area contributed by atoms with Gasteiger partial charge in [0.2, 0.25) is 0 Å². The van der Waals surface area contributed by atoms with Crippen molar-refractivity contribution in [2.45, 2.75) is 26.2 Å². The number of nitrogens with one attached hydrogen (secondary N) is 1. The number of carbonyl (C=O) groups is 2. The van der Waals surface area contributed by atoms with E-state index in [1.807, 2.05) is 13.8 Å². The summed E-state index contributed by atoms with van der Waals surface area (Å²) in [7, 11) is 0. The molecule has 2 aromatic rings. The van der Waals surface area contributed by atoms with E-state index in [2.05, 4.69) is 5.32 Å². The van der Waals surface area contributed by atoms with E-state index in [1.165, 1.54) is 17.4 Å². The summed E-state index contributed by atoms with van der Waals surface area (Å²) in [5.74, 6) is -2.97. The van der Waals surface area contributed by atoms with Crippen LogP contribution in [0.3, 0.4) is 0 Å². The number of ketones is 1. The second-order valence-electron chi connectivity index (χ2n) is 6.85. The molecule has 27 heavy (non-hydrogen) atoms. The Morgan fingerprint density at radius 3 is 2.67 bits per heavy atom. The molecule has 1 N–H and O–H groups in total. The minimum Gasteiger partial charge on any atom is -0.462 e. The summed E-state index contributed by atoms with van der Waals surface area (Å²) in [6, 6.07) is 3.09. The van der Waals surface area contributed by atoms with Crippen molar-refractivity contribution in [1.82, 2.24) is 5.32 Å². The van der Waals surface area contributed by atoms with Gasteiger partial charge in [0.15, 0.2) is 17.4 Å². The molecule has 0 spiro atoms. The lowest BCUT2D eigenvalue weighted by molar-refractivity contribution is -0.136. The molecule has 0 bridgehead atoms. The topological polar surface area (TPSA) is 55.4 Å². The molecule has 0 fully saturated rings. The molecule has 1 aromatic heterocycles. The molecule has 142 valence electrons. The van der Waals surface area contributed by atoms with Crippen LogP contribution in [0, 0.1) is 11.6 Å². The van der Waals surface area contributed by atoms with Crippen LogP contribution in [-0.2, 0) is 14.9 Å². The third kappa shape index (κ3) is 3.51. The summed E-state index contributed by atoms with van der Waals surface area (Å²) < 4.78 is 31.9. The average Bonchev–Trinajstić information content (AvgIpc) is 3.01. The van der Waals surface area contributed by atoms with Gasteiger partial charge in [-0.1, -0.05) is 13.8 Å². The fraction of sp³-hybridized carbons (Fsp3) is 0.300. The highest BCUT2D eigenvalue weighted by Gasteiger charge is 2.35. The van der Waals surface area contributed by atoms with Gasteiger partial charge in [0, 0.05) is 39.5 Å². The number of hydrogen-bond acceptors (Lipinski definition) is 5. The number of halogens is 2. The zero-order chi connectivity index (χ0) is 19.8. The summed E-state index contributed by atoms with van der Waals surface area (Å²) in [6.07, 6.45) is 1.61. The van der Waals surface area contributed by atoms with E-state index in [9.17, 15) is 18.4 Å². The highest BCUT2D eigenvalue weighted by atomic mass is 32.1. The van der Waals surface area contributed by atoms with Crippen LogP contribution < -0.4 is 5.32 Å². The minimum atomic E-state index is -1.07. The maximum absolute atomic E-state index is 13.6. The van der Waals surface area contributed by atoms with Gasteiger partial charge in [0.25, 0.3) is 0 Å². The van der Waals surface area contributed by atoms with Crippen molar-refractivity contribution >= 4 is 28.7 Å². The highest BCUT2D eigenvalue weighted by Crippen LogP contribution is 2.40. The first-order chi connectivity index (χ1) is 12.8. The Morgan fingerprint density at radius 2 is 2.00 bits per heavy atom. The van der Waals surface area contributed by atoms with E-state index in [-0.39, 0.29) is 12.2 Å². The van der Waals surface area contributed by atoms with Crippen LogP contribution in [0.2, 0.25) is 0 Å². The fourth-order valence-electron chi connectivity index (χ4n) is 3.11. The van der Waals surface area contributed by atoms with Crippen LogP contribution >= 0.6 is 11.3 Å². The number of esters is 1. The third-order valence-corrected chi connectivity index (χ3v) is 5.44. The number of benzene rings is 1. The van der Waals surface area contributed by atoms with Crippen LogP contribution in [0.1, 0.15) is 47.1 Å². The van der Waals surface area contributed by atoms with E-state index in [0.717, 1.165) is 12.1 Å². The molecule has 0 radical (unpaired) electrons. The first-order valence-corrected chi connectivity index (χ1v) is 9.37. The molecule has 0 aliphatic carbocycles. The summed E-state index contributed by atoms with van der Waals surface area (Å²) in [4.78, 5) is 26.0. The van der Waals surface area contributed by atoms with Crippen LogP contribution in [0.5, 0.6) is 0 Å². The summed E-state index contributed by atoms with van der Waals surface area (Å²) in [6.45, 7) is 6.36. The van der Waals surface area contributed by atoms with Gasteiger partial charge >= 0.3 is 5.97 Å². The van der Waals surface area contributed by atoms with Gasteiger partial charge in [0.05, 0.1) is 12.2 Å². The van der Waals surface area contributed by atoms with Crippen LogP contribution in [0.25, 0.3) is 5.57 Å². The lowest BCUT2D eigenvalue weighted by Gasteiger charge is -2.25. The largest absolute Gasteiger partial charge is 0.462 e. The van der Waals surface area contributed by atoms with Crippen LogP contribution in [0.4, 0.5) is 8.78 Å². The summed E-state index contributed by atoms with van der Waals surface area (Å²) in [5, 5.41) is 4.77. The Balaban J connectivity index is 2.12. The van der Waals surface area contributed by atoms with Gasteiger partial charge in [-0.05, 0) is 30.7 Å². The zero-order valence-corrected chi connectivity index (χ0v) is 16.0. The van der Waals surface area contributed by atoms with Crippen LogP contribution in [-0.4, -0.2) is 24.9 Å². The van der Waals surface area contributed by atoms with Gasteiger partial charge in [0.1, 0.15) is 0 Å². The number of rotatable bonds is 4. The van der Waals surface area contributed by atoms with E-state index in [1.54, 1.807) is 18.5 Å². The number of fused-ring (bicyclic) bond motifs is 1. The Kier molecular flexibility index (Phi) is 5.15. The Labute approximate surface area is 159 Å². The van der Waals surface area contributed by atoms with E-state index >= 15 is 0 Å². The molecule has 0 saturated carbocycles. The Bertz CT molecular complexity index is 947. The monoisotopic (exact) mass is 391 g/mol. The molecular weight excluding hydrogens is 372 g/mol. The molecule has 0 atom stereocenters. The predicted octanol–water partition coefficient (Wildman–Crippen LogP) is 4.04. The maximum Gasteiger partial charge on any atom is 0.341 e. The Morgan fingerprint density at radius 1 is 1.26 bits per heavy atom. The summed E-state index contributed by atoms with van der Waals surface area (Å²) in [5.41, 5.74) is 1.02. The zero-order valence-electron chi connectivity index (χ0n) is 15.2. The second-order valence-corrected chi connectivity index (χ2v) is 7.73. The van der Waals surface area contributed by atoms with E-state index in [4.69, 9.17) is 4.74 Å². The van der Waals surface area contributed by atoms with Gasteiger partial charge < -0.3 is 10.1 Å². The first kappa shape index (κ1) is 19.2. The van der Waals surface area contributed by atoms with E-state index in [0.29, 0.717) is 28.1 Å². The normalized spacial score (nSPS) is 15.2. The first-order valence-electron chi connectivity index (χ1n) is 8.49. The minimum absolute atomic E-state index is 0.0594. The number of thiophene rings is 1. The Hall–Kier alpha value is -2.54. The molecule has 0 saturated heterocycles. The third-order valence-electron chi connectivity index (χ3n) is 4.42. The predicted molar refractivity (Wildman–Crippen MR) is 99.7 cm³/mol. The second kappa shape index (κ2) is 7.23. The molecule has 1 aliphatic rings. The quantitative estimate of drug-likeness (QED) is 0.631. The molecule has 0 unspecified atom stereocenters. The maximum atomic E-state index is 13.6. The van der Waals surface area contributed by atoms with E-state index < -0.39 is 28.8 Å². The molecule has 1 aromatic carbocycles. The van der Waals surface area contributed by atoms with Gasteiger partial charge in [-0.25, -0.2) is 13.6 Å². The molecule has 0 amide bonds. The average molecular weight is 391 g/mol. The summed E-state index contributed by atoms with van der Waals surface area (Å²) >= 11 is 1.26. The van der Waals surface area contributed by atoms with Crippen molar-refractivity contribution in [3.05, 3.63) is 63.0 Å². The molecule has 4 nitrogen and oxygen atoms in total. The number of carbonyl (C=O) groups excluding carboxylic acids is 2. The molecular formula is C20H19F2NO3S. The molecule has 1 aliphatic heterocycles. The highest BCUT2D eigenvalue weighted by molar-refractivity contribution is 7.12. The van der Waals surface area contributed by atoms with Crippen LogP contribution in [0.15, 0.2) is 29.8 Å². The van der Waals surface area contributed by atoms with Crippen molar-refractivity contribution < 1.29 is 23.1 Å². The van der Waals surface area contributed by atoms with Crippen molar-refractivity contribution in [3.63, 3.8) is 0 Å². The van der Waals surface area contributed by atoms with Crippen molar-refractivity contribution in [3.8, 4) is 0 Å². The van der Waals surface area contributed by atoms with Crippen molar-refractivity contribution in [1.29, 1.82) is 0 Å². The van der Waals surface area contributed by atoms with Crippen molar-refractivity contribution in [2.75, 3.05) is 13.2 Å². The van der Waals surface area contributed by atoms with Gasteiger partial charge in [-0.3, -0.25) is 4.79 Å². The van der Waals surface area contributed by atoms with Gasteiger partial charge in [-0.2, -0.15) is 0 Å². The number of ether oxygens (including phenoxy) is 1. The molecule has 2 heterocycles. The smallest absolute Gasteiger partial charge is 0.341 e. The van der Waals surface area contributed by atoms with Gasteiger partial charge in [-0.15, -0.1) is 11.3 Å². The lowest BCUT2D eigenvalue weighted by atomic mass is 9.80. The molecule has 7 heteroatoms.